The zero-order valence-corrected chi connectivity index (χ0v) is 36.9. The lowest BCUT2D eigenvalue weighted by Crippen LogP contribution is -2.26. The fourth-order valence-corrected chi connectivity index (χ4v) is 9.78. The summed E-state index contributed by atoms with van der Waals surface area (Å²) in [4.78, 5) is 57.0. The van der Waals surface area contributed by atoms with Gasteiger partial charge in [-0.3, -0.25) is 19.6 Å². The number of carbonyl (C=O) groups excluding carboxylic acids is 2. The molecule has 2 aliphatic carbocycles. The van der Waals surface area contributed by atoms with Gasteiger partial charge in [0.05, 0.1) is 24.6 Å². The van der Waals surface area contributed by atoms with Gasteiger partial charge in [0.2, 0.25) is 11.8 Å². The number of hydrogen-bond donors (Lipinski definition) is 4. The largest absolute Gasteiger partial charge is 0.383 e. The fourth-order valence-electron chi connectivity index (χ4n) is 9.78. The second-order valence-corrected chi connectivity index (χ2v) is 18.0. The smallest absolute Gasteiger partial charge is 0.229 e. The molecule has 10 rings (SSSR count). The zero-order chi connectivity index (χ0) is 44.6. The van der Waals surface area contributed by atoms with E-state index < -0.39 is 0 Å². The van der Waals surface area contributed by atoms with Gasteiger partial charge in [0, 0.05) is 111 Å². The van der Waals surface area contributed by atoms with E-state index in [0.29, 0.717) is 23.3 Å². The molecule has 0 radical (unpaired) electrons. The maximum Gasteiger partial charge on any atom is 0.229 e. The maximum atomic E-state index is 13.0. The molecule has 2 aliphatic heterocycles. The van der Waals surface area contributed by atoms with Crippen LogP contribution in [0.25, 0.3) is 44.1 Å². The fraction of sp³-hybridized carbons (Fsp3) is 0.417. The normalized spacial score (nSPS) is 22.5. The van der Waals surface area contributed by atoms with Crippen molar-refractivity contribution >= 4 is 56.6 Å². The van der Waals surface area contributed by atoms with Crippen LogP contribution in [0.15, 0.2) is 73.6 Å². The summed E-state index contributed by atoms with van der Waals surface area (Å²) in [5.41, 5.74) is 18.2. The van der Waals surface area contributed by atoms with Crippen molar-refractivity contribution < 1.29 is 19.1 Å². The number of likely N-dealkylation sites (tertiary alicyclic amines) is 2. The van der Waals surface area contributed by atoms with Crippen molar-refractivity contribution in [3.63, 3.8) is 0 Å². The number of amides is 2. The van der Waals surface area contributed by atoms with Crippen LogP contribution < -0.4 is 22.1 Å². The van der Waals surface area contributed by atoms with E-state index in [-0.39, 0.29) is 34.5 Å². The van der Waals surface area contributed by atoms with Gasteiger partial charge < -0.3 is 41.4 Å². The van der Waals surface area contributed by atoms with Crippen molar-refractivity contribution in [3.8, 4) is 22.5 Å². The van der Waals surface area contributed by atoms with Gasteiger partial charge in [-0.1, -0.05) is 0 Å². The van der Waals surface area contributed by atoms with Crippen molar-refractivity contribution in [3.05, 3.63) is 84.7 Å². The third-order valence-electron chi connectivity index (χ3n) is 13.8. The molecule has 332 valence electrons. The molecule has 0 aromatic carbocycles. The van der Waals surface area contributed by atoms with E-state index in [4.69, 9.17) is 20.9 Å². The van der Waals surface area contributed by atoms with Crippen molar-refractivity contribution in [2.75, 3.05) is 88.8 Å². The van der Waals surface area contributed by atoms with Gasteiger partial charge in [0.1, 0.15) is 23.3 Å². The number of aryl methyl sites for hydroxylation is 2. The Kier molecular flexibility index (Phi) is 11.9. The number of methoxy groups -OCH3 is 2. The molecule has 2 saturated carbocycles. The minimum Gasteiger partial charge on any atom is -0.383 e. The molecule has 4 fully saturated rings. The molecule has 2 spiro atoms. The lowest BCUT2D eigenvalue weighted by Gasteiger charge is -2.15. The molecule has 0 bridgehead atoms. The van der Waals surface area contributed by atoms with Crippen LogP contribution in [-0.2, 0) is 19.1 Å². The van der Waals surface area contributed by atoms with E-state index in [1.54, 1.807) is 51.4 Å². The molecule has 6 aromatic rings. The number of aromatic nitrogens is 6. The number of hydrogen-bond acceptors (Lipinski definition) is 14. The van der Waals surface area contributed by atoms with Gasteiger partial charge in [-0.05, 0) is 122 Å². The summed E-state index contributed by atoms with van der Waals surface area (Å²) in [5.74, 6) is 2.10. The van der Waals surface area contributed by atoms with Gasteiger partial charge in [-0.15, -0.1) is 0 Å². The number of ether oxygens (including phenoxy) is 2. The van der Waals surface area contributed by atoms with Crippen LogP contribution in [0.2, 0.25) is 0 Å². The predicted molar refractivity (Wildman–Crippen MR) is 248 cm³/mol. The predicted octanol–water partition coefficient (Wildman–Crippen LogP) is 5.76. The first kappa shape index (κ1) is 43.1. The van der Waals surface area contributed by atoms with Crippen LogP contribution in [0.4, 0.5) is 23.3 Å². The van der Waals surface area contributed by atoms with Crippen molar-refractivity contribution in [2.45, 2.75) is 39.5 Å². The highest BCUT2D eigenvalue weighted by atomic mass is 16.5. The first-order chi connectivity index (χ1) is 31.0. The number of nitrogen functional groups attached to an aromatic ring is 2. The molecule has 8 heterocycles. The highest BCUT2D eigenvalue weighted by Gasteiger charge is 2.61. The number of fused-ring (bicyclic) bond motifs is 2. The average molecular weight is 865 g/mol. The van der Waals surface area contributed by atoms with Crippen molar-refractivity contribution in [2.24, 2.45) is 22.7 Å². The van der Waals surface area contributed by atoms with Crippen LogP contribution in [0, 0.1) is 36.5 Å². The summed E-state index contributed by atoms with van der Waals surface area (Å²) in [5, 5.41) is 9.36. The molecule has 2 amide bonds. The van der Waals surface area contributed by atoms with Gasteiger partial charge in [0.15, 0.2) is 0 Å². The second-order valence-electron chi connectivity index (χ2n) is 18.0. The van der Waals surface area contributed by atoms with Gasteiger partial charge >= 0.3 is 0 Å². The highest BCUT2D eigenvalue weighted by molar-refractivity contribution is 6.00. The summed E-state index contributed by atoms with van der Waals surface area (Å²) in [7, 11) is 3.45. The number of carbonyl (C=O) groups is 2. The number of anilines is 4. The Labute approximate surface area is 372 Å². The summed E-state index contributed by atoms with van der Waals surface area (Å²) >= 11 is 0. The van der Waals surface area contributed by atoms with Crippen molar-refractivity contribution in [1.29, 1.82) is 0 Å². The summed E-state index contributed by atoms with van der Waals surface area (Å²) in [6, 6.07) is 11.6. The Morgan fingerprint density at radius 3 is 1.53 bits per heavy atom. The third-order valence-corrected chi connectivity index (χ3v) is 13.8. The van der Waals surface area contributed by atoms with Crippen LogP contribution in [0.1, 0.15) is 36.8 Å². The van der Waals surface area contributed by atoms with E-state index in [9.17, 15) is 9.59 Å². The van der Waals surface area contributed by atoms with E-state index in [1.165, 1.54) is 0 Å². The SMILES string of the molecule is COCCN1CC[C@@]2(C[C@H]2C(=O)Nc2cc3cc(-c4cnccc4C)nc(N)c3cn2)C1.COCCN1CC[C@]2(C[C@@H]2C(=O)Nc2cc3cc(-c4cnccc4C)nc(N)c3cn2)C1. The topological polar surface area (TPSA) is 213 Å². The van der Waals surface area contributed by atoms with Gasteiger partial charge in [-0.2, -0.15) is 0 Å². The second kappa shape index (κ2) is 17.8. The molecular formula is C48H56N12O4. The zero-order valence-electron chi connectivity index (χ0n) is 36.9. The van der Waals surface area contributed by atoms with E-state index in [0.717, 1.165) is 133 Å². The lowest BCUT2D eigenvalue weighted by atomic mass is 10.0. The number of rotatable bonds is 12. The lowest BCUT2D eigenvalue weighted by molar-refractivity contribution is -0.118. The molecule has 6 N–H and O–H groups in total. The Morgan fingerprint density at radius 2 is 1.12 bits per heavy atom. The number of nitrogens with zero attached hydrogens (tertiary/aromatic N) is 8. The van der Waals surface area contributed by atoms with E-state index in [1.807, 2.05) is 50.2 Å². The molecular weight excluding hydrogens is 809 g/mol. The van der Waals surface area contributed by atoms with E-state index in [2.05, 4.69) is 50.3 Å². The minimum absolute atomic E-state index is 0.0451. The number of pyridine rings is 6. The minimum atomic E-state index is 0.0451. The number of nitrogens with one attached hydrogen (secondary N) is 2. The molecule has 64 heavy (non-hydrogen) atoms. The summed E-state index contributed by atoms with van der Waals surface area (Å²) < 4.78 is 10.4. The molecule has 0 unspecified atom stereocenters. The molecule has 4 aliphatic rings. The van der Waals surface area contributed by atoms with Crippen molar-refractivity contribution in [1.82, 2.24) is 39.7 Å². The third kappa shape index (κ3) is 8.82. The van der Waals surface area contributed by atoms with Crippen LogP contribution in [0.5, 0.6) is 0 Å². The van der Waals surface area contributed by atoms with Crippen LogP contribution in [-0.4, -0.2) is 118 Å². The Balaban J connectivity index is 0.000000162. The van der Waals surface area contributed by atoms with Crippen LogP contribution >= 0.6 is 0 Å². The summed E-state index contributed by atoms with van der Waals surface area (Å²) in [6.45, 7) is 11.3. The quantitative estimate of drug-likeness (QED) is 0.115. The molecule has 4 atom stereocenters. The maximum absolute atomic E-state index is 13.0. The standard InChI is InChI=1S/2C24H28N6O2/c2*1-15-3-5-26-12-17(15)20-9-16-10-21(27-13-18(16)22(25)28-20)29-23(31)19-11-24(19)4-6-30(14-24)7-8-32-2/h2*3,5,9-10,12-13,19H,4,6-8,11,14H2,1-2H3,(H2,25,28)(H,27,29,31)/t2*19-,24+/m10/s1. The average Bonchev–Trinajstić information content (AvgIpc) is 4.07. The Hall–Kier alpha value is -6.20. The first-order valence-electron chi connectivity index (χ1n) is 22.0. The van der Waals surface area contributed by atoms with Crippen LogP contribution in [0.3, 0.4) is 0 Å². The highest BCUT2D eigenvalue weighted by Crippen LogP contribution is 2.59. The molecule has 6 aromatic heterocycles. The first-order valence-corrected chi connectivity index (χ1v) is 22.0. The molecule has 2 saturated heterocycles. The van der Waals surface area contributed by atoms with Gasteiger partial charge in [-0.25, -0.2) is 19.9 Å². The van der Waals surface area contributed by atoms with Gasteiger partial charge in [0.25, 0.3) is 0 Å². The molecule has 16 heteroatoms. The monoisotopic (exact) mass is 864 g/mol. The molecule has 16 nitrogen and oxygen atoms in total. The van der Waals surface area contributed by atoms with E-state index >= 15 is 0 Å². The summed E-state index contributed by atoms with van der Waals surface area (Å²) in [6.07, 6.45) is 14.5. The Morgan fingerprint density at radius 1 is 0.688 bits per heavy atom. The Bertz CT molecular complexity index is 2550. The number of nitrogens with two attached hydrogens (primary N) is 2.